The lowest BCUT2D eigenvalue weighted by atomic mass is 10.1. The zero-order valence-corrected chi connectivity index (χ0v) is 21.3. The van der Waals surface area contributed by atoms with Crippen molar-refractivity contribution in [3.8, 4) is 0 Å². The van der Waals surface area contributed by atoms with Gasteiger partial charge in [0.2, 0.25) is 0 Å². The minimum atomic E-state index is -1.15. The smallest absolute Gasteiger partial charge is 0.335 e. The molecule has 0 aliphatic heterocycles. The van der Waals surface area contributed by atoms with Crippen molar-refractivity contribution in [3.05, 3.63) is 95.6 Å². The molecule has 0 bridgehead atoms. The van der Waals surface area contributed by atoms with Gasteiger partial charge in [-0.05, 0) is 48.1 Å². The van der Waals surface area contributed by atoms with Gasteiger partial charge in [-0.1, -0.05) is 48.5 Å². The molecule has 10 nitrogen and oxygen atoms in total. The molecule has 11 heteroatoms. The number of nitrogens with one attached hydrogen (secondary N) is 1. The van der Waals surface area contributed by atoms with Crippen molar-refractivity contribution >= 4 is 52.4 Å². The van der Waals surface area contributed by atoms with Gasteiger partial charge in [0.05, 0.1) is 12.1 Å². The van der Waals surface area contributed by atoms with E-state index in [2.05, 4.69) is 5.32 Å². The SMILES string of the molecule is CN(C(=S)NC(=NCc1ccccc1N(CC(=O)O)CC(=O)O)c1ccccc1)c1ccc(C(=O)O)cc1. The van der Waals surface area contributed by atoms with Crippen LogP contribution in [0.1, 0.15) is 21.5 Å². The van der Waals surface area contributed by atoms with Crippen LogP contribution in [0.2, 0.25) is 0 Å². The third kappa shape index (κ3) is 7.61. The van der Waals surface area contributed by atoms with Crippen molar-refractivity contribution in [1.29, 1.82) is 0 Å². The lowest BCUT2D eigenvalue weighted by Gasteiger charge is -2.24. The average Bonchev–Trinajstić information content (AvgIpc) is 2.90. The molecule has 0 unspecified atom stereocenters. The van der Waals surface area contributed by atoms with Crippen LogP contribution in [0.25, 0.3) is 0 Å². The summed E-state index contributed by atoms with van der Waals surface area (Å²) in [6.07, 6.45) is 0. The molecule has 0 fully saturated rings. The van der Waals surface area contributed by atoms with E-state index in [0.717, 1.165) is 5.56 Å². The Kier molecular flexibility index (Phi) is 9.49. The molecule has 0 spiro atoms. The lowest BCUT2D eigenvalue weighted by molar-refractivity contribution is -0.136. The van der Waals surface area contributed by atoms with E-state index < -0.39 is 31.0 Å². The minimum absolute atomic E-state index is 0.114. The molecule has 0 aliphatic carbocycles. The van der Waals surface area contributed by atoms with Crippen molar-refractivity contribution in [3.63, 3.8) is 0 Å². The second-order valence-electron chi connectivity index (χ2n) is 8.14. The predicted molar refractivity (Wildman–Crippen MR) is 148 cm³/mol. The van der Waals surface area contributed by atoms with E-state index in [0.29, 0.717) is 27.9 Å². The van der Waals surface area contributed by atoms with Crippen molar-refractivity contribution < 1.29 is 29.7 Å². The monoisotopic (exact) mass is 534 g/mol. The number of aromatic carboxylic acids is 1. The van der Waals surface area contributed by atoms with Crippen LogP contribution in [-0.4, -0.2) is 64.3 Å². The van der Waals surface area contributed by atoms with Gasteiger partial charge in [-0.3, -0.25) is 14.6 Å². The molecule has 0 radical (unpaired) electrons. The van der Waals surface area contributed by atoms with E-state index in [9.17, 15) is 24.6 Å². The van der Waals surface area contributed by atoms with Gasteiger partial charge in [0.15, 0.2) is 5.11 Å². The van der Waals surface area contributed by atoms with Crippen molar-refractivity contribution in [2.75, 3.05) is 29.9 Å². The maximum atomic E-state index is 11.4. The molecule has 0 atom stereocenters. The molecule has 0 aromatic heterocycles. The Labute approximate surface area is 224 Å². The molecule has 0 saturated carbocycles. The van der Waals surface area contributed by atoms with Crippen molar-refractivity contribution in [1.82, 2.24) is 5.32 Å². The number of hydrogen-bond acceptors (Lipinski definition) is 6. The number of aliphatic carboxylic acids is 2. The number of rotatable bonds is 10. The Morgan fingerprint density at radius 3 is 1.97 bits per heavy atom. The predicted octanol–water partition coefficient (Wildman–Crippen LogP) is 3.32. The first-order valence-electron chi connectivity index (χ1n) is 11.4. The van der Waals surface area contributed by atoms with Gasteiger partial charge < -0.3 is 30.4 Å². The number of carbonyl (C=O) groups is 3. The maximum Gasteiger partial charge on any atom is 0.335 e. The van der Waals surface area contributed by atoms with E-state index in [1.807, 2.05) is 30.3 Å². The summed E-state index contributed by atoms with van der Waals surface area (Å²) in [6.45, 7) is -0.846. The minimum Gasteiger partial charge on any atom is -0.480 e. The second kappa shape index (κ2) is 13.0. The quantitative estimate of drug-likeness (QED) is 0.174. The molecular weight excluding hydrogens is 508 g/mol. The number of aliphatic imine (C=N–C) groups is 1. The number of thiocarbonyl (C=S) groups is 1. The Hall–Kier alpha value is -4.77. The number of carboxylic acids is 3. The summed E-state index contributed by atoms with van der Waals surface area (Å²) < 4.78 is 0. The van der Waals surface area contributed by atoms with E-state index in [1.54, 1.807) is 48.3 Å². The fourth-order valence-corrected chi connectivity index (χ4v) is 3.80. The molecule has 0 amide bonds. The molecule has 0 saturated heterocycles. The molecular formula is C27H26N4O6S. The number of anilines is 2. The van der Waals surface area contributed by atoms with Crippen LogP contribution >= 0.6 is 12.2 Å². The lowest BCUT2D eigenvalue weighted by Crippen LogP contribution is -2.41. The molecule has 4 N–H and O–H groups in total. The highest BCUT2D eigenvalue weighted by Gasteiger charge is 2.18. The van der Waals surface area contributed by atoms with Gasteiger partial charge in [-0.25, -0.2) is 4.79 Å². The van der Waals surface area contributed by atoms with E-state index in [4.69, 9.17) is 22.3 Å². The van der Waals surface area contributed by atoms with Crippen LogP contribution in [0.3, 0.4) is 0 Å². The summed E-state index contributed by atoms with van der Waals surface area (Å²) in [4.78, 5) is 41.5. The highest BCUT2D eigenvalue weighted by Crippen LogP contribution is 2.22. The zero-order valence-electron chi connectivity index (χ0n) is 20.4. The van der Waals surface area contributed by atoms with Crippen LogP contribution in [0.4, 0.5) is 11.4 Å². The van der Waals surface area contributed by atoms with Gasteiger partial charge >= 0.3 is 17.9 Å². The van der Waals surface area contributed by atoms with E-state index in [1.165, 1.54) is 17.0 Å². The van der Waals surface area contributed by atoms with E-state index >= 15 is 0 Å². The largest absolute Gasteiger partial charge is 0.480 e. The first kappa shape index (κ1) is 27.8. The van der Waals surface area contributed by atoms with E-state index in [-0.39, 0.29) is 12.1 Å². The van der Waals surface area contributed by atoms with Gasteiger partial charge in [0.25, 0.3) is 0 Å². The zero-order chi connectivity index (χ0) is 27.7. The topological polar surface area (TPSA) is 143 Å². The van der Waals surface area contributed by atoms with Crippen molar-refractivity contribution in [2.24, 2.45) is 4.99 Å². The van der Waals surface area contributed by atoms with Crippen LogP contribution < -0.4 is 15.1 Å². The molecule has 38 heavy (non-hydrogen) atoms. The number of para-hydroxylation sites is 1. The number of hydrogen-bond donors (Lipinski definition) is 4. The Morgan fingerprint density at radius 2 is 1.39 bits per heavy atom. The highest BCUT2D eigenvalue weighted by molar-refractivity contribution is 7.80. The number of carboxylic acid groups (broad SMARTS) is 3. The van der Waals surface area contributed by atoms with Crippen LogP contribution in [-0.2, 0) is 16.1 Å². The Balaban J connectivity index is 1.89. The Bertz CT molecular complexity index is 1330. The summed E-state index contributed by atoms with van der Waals surface area (Å²) in [7, 11) is 1.73. The third-order valence-electron chi connectivity index (χ3n) is 5.47. The standard InChI is InChI=1S/C27H26N4O6S/c1-30(21-13-11-19(12-14-21)26(36)37)27(38)29-25(18-7-3-2-4-8-18)28-15-20-9-5-6-10-22(20)31(16-23(32)33)17-24(34)35/h2-14H,15-17H2,1H3,(H,32,33)(H,34,35)(H,36,37)(H,28,29,38). The summed E-state index contributed by atoms with van der Waals surface area (Å²) in [5, 5.41) is 31.1. The number of amidine groups is 1. The van der Waals surface area contributed by atoms with Crippen LogP contribution in [0.15, 0.2) is 83.9 Å². The summed E-state index contributed by atoms with van der Waals surface area (Å²) in [6, 6.07) is 22.4. The normalized spacial score (nSPS) is 10.9. The highest BCUT2D eigenvalue weighted by atomic mass is 32.1. The van der Waals surface area contributed by atoms with Gasteiger partial charge in [0, 0.05) is 24.0 Å². The summed E-state index contributed by atoms with van der Waals surface area (Å²) in [5.74, 6) is -2.88. The van der Waals surface area contributed by atoms with Gasteiger partial charge in [-0.15, -0.1) is 0 Å². The number of nitrogens with zero attached hydrogens (tertiary/aromatic N) is 3. The third-order valence-corrected chi connectivity index (χ3v) is 5.85. The van der Waals surface area contributed by atoms with Crippen molar-refractivity contribution in [2.45, 2.75) is 6.54 Å². The summed E-state index contributed by atoms with van der Waals surface area (Å²) >= 11 is 5.59. The summed E-state index contributed by atoms with van der Waals surface area (Å²) in [5.41, 5.74) is 2.66. The molecule has 3 rings (SSSR count). The average molecular weight is 535 g/mol. The first-order chi connectivity index (χ1) is 18.2. The second-order valence-corrected chi connectivity index (χ2v) is 8.53. The first-order valence-corrected chi connectivity index (χ1v) is 11.8. The fraction of sp³-hybridized carbons (Fsp3) is 0.148. The van der Waals surface area contributed by atoms with Crippen LogP contribution in [0.5, 0.6) is 0 Å². The molecule has 0 heterocycles. The fourth-order valence-electron chi connectivity index (χ4n) is 3.60. The number of benzene rings is 3. The Morgan fingerprint density at radius 1 is 0.816 bits per heavy atom. The molecule has 3 aromatic carbocycles. The maximum absolute atomic E-state index is 11.4. The van der Waals surface area contributed by atoms with Crippen LogP contribution in [0, 0.1) is 0 Å². The molecule has 196 valence electrons. The molecule has 0 aliphatic rings. The van der Waals surface area contributed by atoms with Gasteiger partial charge in [-0.2, -0.15) is 0 Å². The van der Waals surface area contributed by atoms with Gasteiger partial charge in [0.1, 0.15) is 18.9 Å². The molecule has 3 aromatic rings.